The molecule has 5 aromatic rings. The van der Waals surface area contributed by atoms with Crippen LogP contribution in [0.1, 0.15) is 20.8 Å². The molecular weight excluding hydrogens is 452 g/mol. The number of hydrogen-bond acceptors (Lipinski definition) is 8. The summed E-state index contributed by atoms with van der Waals surface area (Å²) in [4.78, 5) is 17.6. The van der Waals surface area contributed by atoms with E-state index in [-0.39, 0.29) is 0 Å². The van der Waals surface area contributed by atoms with E-state index in [1.165, 1.54) is 11.8 Å². The van der Waals surface area contributed by atoms with Gasteiger partial charge in [0, 0.05) is 35.3 Å². The van der Waals surface area contributed by atoms with E-state index in [9.17, 15) is 4.79 Å². The molecule has 4 heterocycles. The molecular formula is C23H22N8O2S. The molecule has 0 aliphatic heterocycles. The lowest BCUT2D eigenvalue weighted by Crippen LogP contribution is -2.27. The fraction of sp³-hybridized carbons (Fsp3) is 0.217. The summed E-state index contributed by atoms with van der Waals surface area (Å²) < 4.78 is 8.83. The normalized spacial score (nSPS) is 11.8. The molecule has 10 nitrogen and oxygen atoms in total. The third kappa shape index (κ3) is 4.55. The maximum Gasteiger partial charge on any atom is 0.412 e. The van der Waals surface area contributed by atoms with Crippen LogP contribution in [0.15, 0.2) is 65.0 Å². The van der Waals surface area contributed by atoms with Crippen LogP contribution in [-0.2, 0) is 11.8 Å². The number of rotatable bonds is 4. The Morgan fingerprint density at radius 1 is 1.12 bits per heavy atom. The van der Waals surface area contributed by atoms with Crippen molar-refractivity contribution in [2.75, 3.05) is 5.32 Å². The monoisotopic (exact) mass is 474 g/mol. The summed E-state index contributed by atoms with van der Waals surface area (Å²) in [6.45, 7) is 5.47. The quantitative estimate of drug-likeness (QED) is 0.403. The van der Waals surface area contributed by atoms with Crippen molar-refractivity contribution in [3.8, 4) is 11.3 Å². The van der Waals surface area contributed by atoms with Gasteiger partial charge in [0.2, 0.25) is 5.16 Å². The molecule has 0 saturated carbocycles. The molecule has 0 aliphatic carbocycles. The summed E-state index contributed by atoms with van der Waals surface area (Å²) in [7, 11) is 1.86. The van der Waals surface area contributed by atoms with Crippen LogP contribution in [-0.4, -0.2) is 46.3 Å². The average molecular weight is 475 g/mol. The Morgan fingerprint density at radius 3 is 2.74 bits per heavy atom. The highest BCUT2D eigenvalue weighted by Crippen LogP contribution is 2.32. The third-order valence-electron chi connectivity index (χ3n) is 4.79. The van der Waals surface area contributed by atoms with Crippen molar-refractivity contribution in [1.82, 2.24) is 34.6 Å². The molecule has 34 heavy (non-hydrogen) atoms. The number of hydrogen-bond donors (Lipinski definition) is 1. The van der Waals surface area contributed by atoms with Gasteiger partial charge in [-0.25, -0.2) is 4.79 Å². The number of anilines is 1. The molecule has 5 rings (SSSR count). The summed E-state index contributed by atoms with van der Waals surface area (Å²) in [5.41, 5.74) is 3.10. The van der Waals surface area contributed by atoms with E-state index < -0.39 is 11.7 Å². The maximum absolute atomic E-state index is 12.3. The van der Waals surface area contributed by atoms with Gasteiger partial charge in [0.05, 0.1) is 23.1 Å². The molecule has 1 aromatic carbocycles. The maximum atomic E-state index is 12.3. The van der Waals surface area contributed by atoms with E-state index in [4.69, 9.17) is 9.84 Å². The number of aromatic nitrogens is 7. The van der Waals surface area contributed by atoms with Crippen LogP contribution < -0.4 is 5.32 Å². The zero-order valence-corrected chi connectivity index (χ0v) is 19.9. The van der Waals surface area contributed by atoms with Crippen molar-refractivity contribution >= 4 is 40.1 Å². The predicted molar refractivity (Wildman–Crippen MR) is 129 cm³/mol. The molecule has 0 saturated heterocycles. The van der Waals surface area contributed by atoms with E-state index in [0.717, 1.165) is 27.1 Å². The number of carbonyl (C=O) groups is 1. The smallest absolute Gasteiger partial charge is 0.412 e. The first-order valence-corrected chi connectivity index (χ1v) is 11.3. The van der Waals surface area contributed by atoms with E-state index >= 15 is 0 Å². The van der Waals surface area contributed by atoms with Crippen molar-refractivity contribution in [2.24, 2.45) is 7.05 Å². The van der Waals surface area contributed by atoms with E-state index in [1.807, 2.05) is 64.3 Å². The van der Waals surface area contributed by atoms with Crippen molar-refractivity contribution in [2.45, 2.75) is 36.4 Å². The van der Waals surface area contributed by atoms with Crippen molar-refractivity contribution in [1.29, 1.82) is 0 Å². The van der Waals surface area contributed by atoms with Gasteiger partial charge in [0.1, 0.15) is 5.60 Å². The number of amides is 1. The summed E-state index contributed by atoms with van der Waals surface area (Å²) in [6, 6.07) is 11.3. The Kier molecular flexibility index (Phi) is 5.40. The van der Waals surface area contributed by atoms with E-state index in [2.05, 4.69) is 25.6 Å². The summed E-state index contributed by atoms with van der Waals surface area (Å²) in [5.74, 6) is 0. The Labute approximate surface area is 199 Å². The molecule has 1 N–H and O–H groups in total. The predicted octanol–water partition coefficient (Wildman–Crippen LogP) is 4.57. The SMILES string of the molecule is Cn1cc(-c2ccc3nnc(Sc4ccc5nccc(NC(=O)OC(C)(C)C)c5c4)n3n2)cn1. The number of fused-ring (bicyclic) bond motifs is 2. The summed E-state index contributed by atoms with van der Waals surface area (Å²) in [6.07, 6.45) is 4.80. The molecule has 0 unspecified atom stereocenters. The van der Waals surface area contributed by atoms with Crippen molar-refractivity contribution < 1.29 is 9.53 Å². The number of benzene rings is 1. The summed E-state index contributed by atoms with van der Waals surface area (Å²) in [5, 5.41) is 21.7. The highest BCUT2D eigenvalue weighted by Gasteiger charge is 2.18. The molecule has 0 spiro atoms. The topological polar surface area (TPSA) is 112 Å². The molecule has 4 aromatic heterocycles. The van der Waals surface area contributed by atoms with Gasteiger partial charge < -0.3 is 4.74 Å². The Morgan fingerprint density at radius 2 is 1.97 bits per heavy atom. The van der Waals surface area contributed by atoms with Gasteiger partial charge in [-0.1, -0.05) is 0 Å². The first-order chi connectivity index (χ1) is 16.2. The lowest BCUT2D eigenvalue weighted by molar-refractivity contribution is 0.0636. The molecule has 0 radical (unpaired) electrons. The second kappa shape index (κ2) is 8.41. The molecule has 172 valence electrons. The lowest BCUT2D eigenvalue weighted by atomic mass is 10.2. The second-order valence-corrected chi connectivity index (χ2v) is 9.68. The number of nitrogens with zero attached hydrogens (tertiary/aromatic N) is 7. The van der Waals surface area contributed by atoms with E-state index in [0.29, 0.717) is 16.5 Å². The van der Waals surface area contributed by atoms with Crippen LogP contribution in [0.3, 0.4) is 0 Å². The zero-order valence-electron chi connectivity index (χ0n) is 19.1. The third-order valence-corrected chi connectivity index (χ3v) is 5.72. The van der Waals surface area contributed by atoms with Crippen LogP contribution >= 0.6 is 11.8 Å². The molecule has 0 bridgehead atoms. The van der Waals surface area contributed by atoms with Gasteiger partial charge >= 0.3 is 6.09 Å². The van der Waals surface area contributed by atoms with Gasteiger partial charge in [-0.3, -0.25) is 15.0 Å². The van der Waals surface area contributed by atoms with Crippen LogP contribution in [0.2, 0.25) is 0 Å². The first-order valence-electron chi connectivity index (χ1n) is 10.5. The zero-order chi connectivity index (χ0) is 23.9. The Hall–Kier alpha value is -3.99. The van der Waals surface area contributed by atoms with Crippen molar-refractivity contribution in [3.63, 3.8) is 0 Å². The van der Waals surface area contributed by atoms with Crippen molar-refractivity contribution in [3.05, 3.63) is 55.0 Å². The average Bonchev–Trinajstić information content (AvgIpc) is 3.39. The fourth-order valence-electron chi connectivity index (χ4n) is 3.36. The largest absolute Gasteiger partial charge is 0.444 e. The molecule has 0 fully saturated rings. The number of ether oxygens (including phenoxy) is 1. The lowest BCUT2D eigenvalue weighted by Gasteiger charge is -2.20. The van der Waals surface area contributed by atoms with Gasteiger partial charge in [0.15, 0.2) is 5.65 Å². The highest BCUT2D eigenvalue weighted by atomic mass is 32.2. The fourth-order valence-corrected chi connectivity index (χ4v) is 4.18. The van der Waals surface area contributed by atoms with Crippen LogP contribution in [0.25, 0.3) is 27.8 Å². The number of nitrogens with one attached hydrogen (secondary N) is 1. The number of aryl methyl sites for hydroxylation is 1. The van der Waals surface area contributed by atoms with Gasteiger partial charge in [0.25, 0.3) is 0 Å². The van der Waals surface area contributed by atoms with E-state index in [1.54, 1.807) is 27.7 Å². The summed E-state index contributed by atoms with van der Waals surface area (Å²) >= 11 is 1.42. The van der Waals surface area contributed by atoms with Gasteiger partial charge in [-0.05, 0) is 68.9 Å². The minimum atomic E-state index is -0.593. The standard InChI is InChI=1S/C23H22N8O2S/c1-23(2,3)33-22(32)26-19-9-10-24-18-6-5-15(11-16(18)19)34-21-28-27-20-8-7-17(29-31(20)21)14-12-25-30(4)13-14/h5-13H,1-4H3,(H,24,26,32). The van der Waals surface area contributed by atoms with Crippen LogP contribution in [0.4, 0.5) is 10.5 Å². The molecule has 11 heteroatoms. The minimum Gasteiger partial charge on any atom is -0.444 e. The number of pyridine rings is 1. The molecule has 0 atom stereocenters. The second-order valence-electron chi connectivity index (χ2n) is 8.64. The molecule has 0 aliphatic rings. The Balaban J connectivity index is 1.46. The first kappa shape index (κ1) is 21.8. The highest BCUT2D eigenvalue weighted by molar-refractivity contribution is 7.99. The minimum absolute atomic E-state index is 0.520. The van der Waals surface area contributed by atoms with Gasteiger partial charge in [-0.15, -0.1) is 10.2 Å². The molecule has 1 amide bonds. The van der Waals surface area contributed by atoms with Crippen LogP contribution in [0.5, 0.6) is 0 Å². The number of carbonyl (C=O) groups excluding carboxylic acids is 1. The van der Waals surface area contributed by atoms with Gasteiger partial charge in [-0.2, -0.15) is 14.7 Å². The van der Waals surface area contributed by atoms with Crippen LogP contribution in [0, 0.1) is 0 Å². The Bertz CT molecular complexity index is 1520.